The maximum atomic E-state index is 12.1. The molecular formula is C17H22N2O4. The number of carbonyl (C=O) groups is 3. The highest BCUT2D eigenvalue weighted by Crippen LogP contribution is 2.12. The van der Waals surface area contributed by atoms with Crippen LogP contribution >= 0.6 is 0 Å². The zero-order valence-corrected chi connectivity index (χ0v) is 13.3. The third kappa shape index (κ3) is 5.39. The van der Waals surface area contributed by atoms with Crippen LogP contribution in [-0.4, -0.2) is 42.4 Å². The fraction of sp³-hybridized carbons (Fsp3) is 0.471. The van der Waals surface area contributed by atoms with Crippen LogP contribution in [-0.2, 0) is 14.3 Å². The summed E-state index contributed by atoms with van der Waals surface area (Å²) >= 11 is 0. The van der Waals surface area contributed by atoms with Gasteiger partial charge in [-0.05, 0) is 37.1 Å². The fourth-order valence-corrected chi connectivity index (χ4v) is 2.51. The van der Waals surface area contributed by atoms with Gasteiger partial charge in [-0.15, -0.1) is 0 Å². The van der Waals surface area contributed by atoms with Crippen molar-refractivity contribution in [3.05, 3.63) is 29.8 Å². The van der Waals surface area contributed by atoms with E-state index < -0.39 is 5.97 Å². The first kappa shape index (κ1) is 17.0. The maximum absolute atomic E-state index is 12.1. The molecule has 0 unspecified atom stereocenters. The Bertz CT molecular complexity index is 560. The van der Waals surface area contributed by atoms with Gasteiger partial charge in [-0.3, -0.25) is 9.59 Å². The summed E-state index contributed by atoms with van der Waals surface area (Å²) in [6, 6.07) is 6.36. The first-order valence-electron chi connectivity index (χ1n) is 7.89. The topological polar surface area (TPSA) is 75.7 Å². The van der Waals surface area contributed by atoms with Crippen molar-refractivity contribution < 1.29 is 19.1 Å². The third-order valence-electron chi connectivity index (χ3n) is 3.73. The van der Waals surface area contributed by atoms with Crippen molar-refractivity contribution in [3.63, 3.8) is 0 Å². The SMILES string of the molecule is CC(=O)Nc1ccc(C(=O)OCC(=O)N2CCCCCC2)cc1. The van der Waals surface area contributed by atoms with Crippen molar-refractivity contribution in [2.75, 3.05) is 25.0 Å². The lowest BCUT2D eigenvalue weighted by Gasteiger charge is -2.19. The molecule has 0 radical (unpaired) electrons. The molecule has 1 saturated heterocycles. The number of anilines is 1. The Balaban J connectivity index is 1.83. The molecule has 2 amide bonds. The molecule has 0 saturated carbocycles. The smallest absolute Gasteiger partial charge is 0.338 e. The number of hydrogen-bond acceptors (Lipinski definition) is 4. The number of rotatable bonds is 4. The molecule has 0 atom stereocenters. The van der Waals surface area contributed by atoms with E-state index in [1.165, 1.54) is 6.92 Å². The molecule has 6 nitrogen and oxygen atoms in total. The molecule has 1 aliphatic heterocycles. The zero-order valence-electron chi connectivity index (χ0n) is 13.3. The minimum atomic E-state index is -0.539. The number of ether oxygens (including phenoxy) is 1. The minimum Gasteiger partial charge on any atom is -0.452 e. The molecule has 23 heavy (non-hydrogen) atoms. The van der Waals surface area contributed by atoms with Crippen molar-refractivity contribution >= 4 is 23.5 Å². The zero-order chi connectivity index (χ0) is 16.7. The van der Waals surface area contributed by atoms with E-state index in [-0.39, 0.29) is 18.4 Å². The number of hydrogen-bond donors (Lipinski definition) is 1. The van der Waals surface area contributed by atoms with E-state index in [0.29, 0.717) is 11.3 Å². The van der Waals surface area contributed by atoms with Gasteiger partial charge in [-0.1, -0.05) is 12.8 Å². The average molecular weight is 318 g/mol. The number of esters is 1. The number of carbonyl (C=O) groups excluding carboxylic acids is 3. The molecule has 1 aromatic carbocycles. The first-order valence-corrected chi connectivity index (χ1v) is 7.89. The minimum absolute atomic E-state index is 0.143. The van der Waals surface area contributed by atoms with Gasteiger partial charge in [0, 0.05) is 25.7 Å². The molecule has 0 bridgehead atoms. The van der Waals surface area contributed by atoms with Gasteiger partial charge in [0.25, 0.3) is 5.91 Å². The summed E-state index contributed by atoms with van der Waals surface area (Å²) in [7, 11) is 0. The van der Waals surface area contributed by atoms with Gasteiger partial charge in [-0.2, -0.15) is 0 Å². The van der Waals surface area contributed by atoms with E-state index in [1.807, 2.05) is 0 Å². The van der Waals surface area contributed by atoms with Gasteiger partial charge in [0.05, 0.1) is 5.56 Å². The van der Waals surface area contributed by atoms with Crippen LogP contribution in [0.5, 0.6) is 0 Å². The molecule has 6 heteroatoms. The van der Waals surface area contributed by atoms with Gasteiger partial charge >= 0.3 is 5.97 Å². The van der Waals surface area contributed by atoms with Crippen LogP contribution in [0.25, 0.3) is 0 Å². The maximum Gasteiger partial charge on any atom is 0.338 e. The predicted octanol–water partition coefficient (Wildman–Crippen LogP) is 2.20. The molecule has 124 valence electrons. The number of likely N-dealkylation sites (tertiary alicyclic amines) is 1. The summed E-state index contributed by atoms with van der Waals surface area (Å²) in [5, 5.41) is 2.62. The molecule has 1 aliphatic rings. The van der Waals surface area contributed by atoms with Gasteiger partial charge in [-0.25, -0.2) is 4.79 Å². The molecule has 1 N–H and O–H groups in total. The van der Waals surface area contributed by atoms with Gasteiger partial charge in [0.2, 0.25) is 5.91 Å². The van der Waals surface area contributed by atoms with Crippen LogP contribution in [0.15, 0.2) is 24.3 Å². The highest BCUT2D eigenvalue weighted by Gasteiger charge is 2.17. The Morgan fingerprint density at radius 2 is 1.65 bits per heavy atom. The van der Waals surface area contributed by atoms with Gasteiger partial charge < -0.3 is 15.0 Å². The number of amides is 2. The summed E-state index contributed by atoms with van der Waals surface area (Å²) in [6.45, 7) is 2.66. The normalized spacial score (nSPS) is 14.7. The predicted molar refractivity (Wildman–Crippen MR) is 86.1 cm³/mol. The molecule has 0 spiro atoms. The van der Waals surface area contributed by atoms with Crippen molar-refractivity contribution in [2.24, 2.45) is 0 Å². The Hall–Kier alpha value is -2.37. The molecule has 1 heterocycles. The van der Waals surface area contributed by atoms with E-state index in [4.69, 9.17) is 4.74 Å². The van der Waals surface area contributed by atoms with E-state index in [1.54, 1.807) is 29.2 Å². The quantitative estimate of drug-likeness (QED) is 0.864. The lowest BCUT2D eigenvalue weighted by atomic mass is 10.2. The molecular weight excluding hydrogens is 296 g/mol. The van der Waals surface area contributed by atoms with Gasteiger partial charge in [0.1, 0.15) is 0 Å². The summed E-state index contributed by atoms with van der Waals surface area (Å²) in [6.07, 6.45) is 4.29. The van der Waals surface area contributed by atoms with Crippen LogP contribution < -0.4 is 5.32 Å². The van der Waals surface area contributed by atoms with E-state index in [9.17, 15) is 14.4 Å². The molecule has 1 fully saturated rings. The monoisotopic (exact) mass is 318 g/mol. The van der Waals surface area contributed by atoms with Crippen LogP contribution in [0, 0.1) is 0 Å². The largest absolute Gasteiger partial charge is 0.452 e. The number of benzene rings is 1. The van der Waals surface area contributed by atoms with Crippen molar-refractivity contribution in [3.8, 4) is 0 Å². The van der Waals surface area contributed by atoms with Crippen molar-refractivity contribution in [2.45, 2.75) is 32.6 Å². The fourth-order valence-electron chi connectivity index (χ4n) is 2.51. The molecule has 0 aromatic heterocycles. The van der Waals surface area contributed by atoms with E-state index in [0.717, 1.165) is 38.8 Å². The van der Waals surface area contributed by atoms with Crippen LogP contribution in [0.3, 0.4) is 0 Å². The standard InChI is InChI=1S/C17H22N2O4/c1-13(20)18-15-8-6-14(7-9-15)17(22)23-12-16(21)19-10-4-2-3-5-11-19/h6-9H,2-5,10-12H2,1H3,(H,18,20). The second kappa shape index (κ2) is 8.31. The molecule has 0 aliphatic carbocycles. The highest BCUT2D eigenvalue weighted by molar-refractivity contribution is 5.93. The third-order valence-corrected chi connectivity index (χ3v) is 3.73. The first-order chi connectivity index (χ1) is 11.1. The Morgan fingerprint density at radius 3 is 2.22 bits per heavy atom. The number of nitrogens with zero attached hydrogens (tertiary/aromatic N) is 1. The summed E-state index contributed by atoms with van der Waals surface area (Å²) < 4.78 is 5.09. The summed E-state index contributed by atoms with van der Waals surface area (Å²) in [5.41, 5.74) is 0.956. The van der Waals surface area contributed by atoms with Crippen LogP contribution in [0.2, 0.25) is 0 Å². The lowest BCUT2D eigenvalue weighted by molar-refractivity contribution is -0.134. The molecule has 2 rings (SSSR count). The lowest BCUT2D eigenvalue weighted by Crippen LogP contribution is -2.35. The van der Waals surface area contributed by atoms with Crippen molar-refractivity contribution in [1.29, 1.82) is 0 Å². The second-order valence-corrected chi connectivity index (χ2v) is 5.63. The Morgan fingerprint density at radius 1 is 1.04 bits per heavy atom. The highest BCUT2D eigenvalue weighted by atomic mass is 16.5. The average Bonchev–Trinajstić information content (AvgIpc) is 2.81. The Kier molecular flexibility index (Phi) is 6.14. The Labute approximate surface area is 135 Å². The summed E-state index contributed by atoms with van der Waals surface area (Å²) in [4.78, 5) is 36.7. The van der Waals surface area contributed by atoms with E-state index in [2.05, 4.69) is 5.32 Å². The van der Waals surface area contributed by atoms with Crippen LogP contribution in [0.1, 0.15) is 43.0 Å². The van der Waals surface area contributed by atoms with E-state index >= 15 is 0 Å². The number of nitrogens with one attached hydrogen (secondary N) is 1. The molecule has 1 aromatic rings. The summed E-state index contributed by atoms with van der Waals surface area (Å²) in [5.74, 6) is -0.860. The van der Waals surface area contributed by atoms with Crippen LogP contribution in [0.4, 0.5) is 5.69 Å². The second-order valence-electron chi connectivity index (χ2n) is 5.63. The van der Waals surface area contributed by atoms with Crippen molar-refractivity contribution in [1.82, 2.24) is 4.90 Å². The van der Waals surface area contributed by atoms with Gasteiger partial charge in [0.15, 0.2) is 6.61 Å².